The van der Waals surface area contributed by atoms with E-state index in [0.717, 1.165) is 41.7 Å². The Hall–Kier alpha value is -1.73. The van der Waals surface area contributed by atoms with Crippen molar-refractivity contribution in [1.29, 1.82) is 0 Å². The van der Waals surface area contributed by atoms with E-state index in [1.54, 1.807) is 26.0 Å². The Kier molecular flexibility index (Phi) is 4.84. The fraction of sp³-hybridized carbons (Fsp3) is 0.467. The fourth-order valence-corrected chi connectivity index (χ4v) is 3.23. The lowest BCUT2D eigenvalue weighted by molar-refractivity contribution is 0.129. The zero-order chi connectivity index (χ0) is 15.4. The summed E-state index contributed by atoms with van der Waals surface area (Å²) in [6, 6.07) is 5.61. The van der Waals surface area contributed by atoms with Crippen LogP contribution in [0.1, 0.15) is 12.8 Å². The molecule has 1 unspecified atom stereocenters. The van der Waals surface area contributed by atoms with Crippen LogP contribution in [0.4, 0.5) is 0 Å². The molecular weight excluding hydrogens is 302 g/mol. The third-order valence-corrected chi connectivity index (χ3v) is 4.53. The maximum absolute atomic E-state index is 5.61. The van der Waals surface area contributed by atoms with Crippen molar-refractivity contribution in [2.45, 2.75) is 24.1 Å². The highest BCUT2D eigenvalue weighted by Gasteiger charge is 2.17. The van der Waals surface area contributed by atoms with E-state index in [0.29, 0.717) is 17.7 Å². The summed E-state index contributed by atoms with van der Waals surface area (Å²) >= 11 is 1.61. The van der Waals surface area contributed by atoms with Crippen LogP contribution in [0.2, 0.25) is 0 Å². The number of hydrogen-bond donors (Lipinski definition) is 1. The van der Waals surface area contributed by atoms with Gasteiger partial charge in [0.1, 0.15) is 11.5 Å². The molecule has 1 saturated heterocycles. The number of thioether (sulfide) groups is 1. The first-order valence-corrected chi connectivity index (χ1v) is 8.18. The maximum atomic E-state index is 5.61. The molecule has 0 saturated carbocycles. The van der Waals surface area contributed by atoms with Crippen LogP contribution in [-0.2, 0) is 4.74 Å². The van der Waals surface area contributed by atoms with Gasteiger partial charge in [-0.1, -0.05) is 11.8 Å². The van der Waals surface area contributed by atoms with Crippen molar-refractivity contribution >= 4 is 11.8 Å². The molecular formula is C15H19N3O3S. The molecule has 22 heavy (non-hydrogen) atoms. The molecule has 3 rings (SSSR count). The van der Waals surface area contributed by atoms with Crippen LogP contribution in [0, 0.1) is 0 Å². The number of ether oxygens (including phenoxy) is 3. The molecule has 7 heteroatoms. The minimum absolute atomic E-state index is 0.322. The molecule has 6 nitrogen and oxygen atoms in total. The molecule has 0 radical (unpaired) electrons. The molecule has 0 spiro atoms. The number of methoxy groups -OCH3 is 2. The van der Waals surface area contributed by atoms with Crippen molar-refractivity contribution in [2.24, 2.45) is 0 Å². The number of aromatic nitrogens is 3. The Morgan fingerprint density at radius 1 is 1.36 bits per heavy atom. The second-order valence-corrected chi connectivity index (χ2v) is 5.97. The molecule has 1 aliphatic rings. The second kappa shape index (κ2) is 7.02. The molecule has 0 amide bonds. The summed E-state index contributed by atoms with van der Waals surface area (Å²) < 4.78 is 16.2. The second-order valence-electron chi connectivity index (χ2n) is 4.98. The summed E-state index contributed by atoms with van der Waals surface area (Å²) in [5, 5.41) is 7.95. The number of benzene rings is 1. The molecule has 2 aromatic rings. The zero-order valence-corrected chi connectivity index (χ0v) is 13.5. The molecule has 1 N–H and O–H groups in total. The first-order valence-electron chi connectivity index (χ1n) is 7.19. The van der Waals surface area contributed by atoms with E-state index in [2.05, 4.69) is 15.2 Å². The van der Waals surface area contributed by atoms with Crippen LogP contribution in [0.5, 0.6) is 11.5 Å². The van der Waals surface area contributed by atoms with E-state index in [4.69, 9.17) is 14.2 Å². The van der Waals surface area contributed by atoms with Crippen LogP contribution in [0.3, 0.4) is 0 Å². The Balaban J connectivity index is 1.72. The summed E-state index contributed by atoms with van der Waals surface area (Å²) in [6.45, 7) is 0.869. The van der Waals surface area contributed by atoms with E-state index in [9.17, 15) is 0 Å². The minimum atomic E-state index is 0.322. The van der Waals surface area contributed by atoms with Crippen LogP contribution in [-0.4, -0.2) is 47.9 Å². The molecule has 1 fully saturated rings. The molecule has 1 aromatic heterocycles. The average molecular weight is 321 g/mol. The van der Waals surface area contributed by atoms with Crippen molar-refractivity contribution in [3.63, 3.8) is 0 Å². The Labute approximate surface area is 133 Å². The third kappa shape index (κ3) is 3.36. The lowest BCUT2D eigenvalue weighted by atomic mass is 10.2. The van der Waals surface area contributed by atoms with Gasteiger partial charge in [-0.15, -0.1) is 5.10 Å². The summed E-state index contributed by atoms with van der Waals surface area (Å²) in [5.41, 5.74) is 0.861. The number of H-pyrrole nitrogens is 1. The van der Waals surface area contributed by atoms with E-state index in [-0.39, 0.29) is 0 Å². The monoisotopic (exact) mass is 321 g/mol. The fourth-order valence-electron chi connectivity index (χ4n) is 2.37. The van der Waals surface area contributed by atoms with Crippen LogP contribution >= 0.6 is 11.8 Å². The first-order chi connectivity index (χ1) is 10.8. The average Bonchev–Trinajstić information content (AvgIpc) is 3.23. The van der Waals surface area contributed by atoms with Crippen molar-refractivity contribution < 1.29 is 14.2 Å². The van der Waals surface area contributed by atoms with Gasteiger partial charge in [-0.3, -0.25) is 5.10 Å². The third-order valence-electron chi connectivity index (χ3n) is 3.55. The van der Waals surface area contributed by atoms with Gasteiger partial charge in [0.2, 0.25) is 5.16 Å². The summed E-state index contributed by atoms with van der Waals surface area (Å²) in [7, 11) is 3.25. The predicted molar refractivity (Wildman–Crippen MR) is 84.6 cm³/mol. The van der Waals surface area contributed by atoms with Crippen LogP contribution in [0.15, 0.2) is 23.4 Å². The topological polar surface area (TPSA) is 69.3 Å². The Bertz CT molecular complexity index is 626. The number of hydrogen-bond acceptors (Lipinski definition) is 6. The van der Waals surface area contributed by atoms with E-state index in [1.165, 1.54) is 0 Å². The van der Waals surface area contributed by atoms with Gasteiger partial charge in [0.15, 0.2) is 5.82 Å². The van der Waals surface area contributed by atoms with E-state index in [1.807, 2.05) is 18.2 Å². The predicted octanol–water partition coefficient (Wildman–Crippen LogP) is 2.76. The first kappa shape index (κ1) is 15.2. The lowest BCUT2D eigenvalue weighted by Crippen LogP contribution is -2.07. The number of nitrogens with one attached hydrogen (secondary N) is 1. The van der Waals surface area contributed by atoms with Gasteiger partial charge in [0.25, 0.3) is 0 Å². The molecule has 118 valence electrons. The molecule has 2 heterocycles. The molecule has 1 atom stereocenters. The van der Waals surface area contributed by atoms with E-state index >= 15 is 0 Å². The van der Waals surface area contributed by atoms with Gasteiger partial charge in [-0.05, 0) is 25.0 Å². The largest absolute Gasteiger partial charge is 0.497 e. The van der Waals surface area contributed by atoms with Gasteiger partial charge in [0, 0.05) is 18.4 Å². The minimum Gasteiger partial charge on any atom is -0.497 e. The molecule has 1 aromatic carbocycles. The number of rotatable bonds is 6. The van der Waals surface area contributed by atoms with Crippen molar-refractivity contribution in [2.75, 3.05) is 26.6 Å². The lowest BCUT2D eigenvalue weighted by Gasteiger charge is -2.08. The molecule has 0 aliphatic carbocycles. The highest BCUT2D eigenvalue weighted by atomic mass is 32.2. The van der Waals surface area contributed by atoms with Crippen molar-refractivity contribution in [3.05, 3.63) is 18.2 Å². The number of aromatic amines is 1. The Morgan fingerprint density at radius 2 is 2.27 bits per heavy atom. The number of nitrogens with zero attached hydrogens (tertiary/aromatic N) is 2. The normalized spacial score (nSPS) is 17.6. The molecule has 1 aliphatic heterocycles. The van der Waals surface area contributed by atoms with Gasteiger partial charge >= 0.3 is 0 Å². The highest BCUT2D eigenvalue weighted by Crippen LogP contribution is 2.32. The summed E-state index contributed by atoms with van der Waals surface area (Å²) in [6.07, 6.45) is 2.59. The van der Waals surface area contributed by atoms with Crippen LogP contribution in [0.25, 0.3) is 11.4 Å². The van der Waals surface area contributed by atoms with Gasteiger partial charge in [-0.2, -0.15) is 0 Å². The maximum Gasteiger partial charge on any atom is 0.208 e. The summed E-state index contributed by atoms with van der Waals surface area (Å²) in [5.74, 6) is 3.02. The summed E-state index contributed by atoms with van der Waals surface area (Å²) in [4.78, 5) is 4.53. The standard InChI is InChI=1S/C15H19N3O3S/c1-19-10-5-6-12(13(8-10)20-2)14-16-15(18-17-14)22-9-11-4-3-7-21-11/h5-6,8,11H,3-4,7,9H2,1-2H3,(H,16,17,18). The zero-order valence-electron chi connectivity index (χ0n) is 12.7. The smallest absolute Gasteiger partial charge is 0.208 e. The van der Waals surface area contributed by atoms with Crippen molar-refractivity contribution in [1.82, 2.24) is 15.2 Å². The molecule has 0 bridgehead atoms. The Morgan fingerprint density at radius 3 is 3.00 bits per heavy atom. The van der Waals surface area contributed by atoms with Gasteiger partial charge in [-0.25, -0.2) is 4.98 Å². The van der Waals surface area contributed by atoms with E-state index < -0.39 is 0 Å². The highest BCUT2D eigenvalue weighted by molar-refractivity contribution is 7.99. The van der Waals surface area contributed by atoms with Crippen molar-refractivity contribution in [3.8, 4) is 22.9 Å². The van der Waals surface area contributed by atoms with Gasteiger partial charge < -0.3 is 14.2 Å². The van der Waals surface area contributed by atoms with Gasteiger partial charge in [0.05, 0.1) is 25.9 Å². The quantitative estimate of drug-likeness (QED) is 0.825. The van der Waals surface area contributed by atoms with Crippen LogP contribution < -0.4 is 9.47 Å². The SMILES string of the molecule is COc1ccc(-c2nc(SCC3CCCO3)n[nH]2)c(OC)c1.